The number of benzene rings is 1. The highest BCUT2D eigenvalue weighted by molar-refractivity contribution is 5.93. The molecule has 7 nitrogen and oxygen atoms in total. The minimum Gasteiger partial charge on any atom is -0.468 e. The van der Waals surface area contributed by atoms with Crippen molar-refractivity contribution in [2.45, 2.75) is 13.1 Å². The molecule has 2 heterocycles. The van der Waals surface area contributed by atoms with E-state index in [1.165, 1.54) is 0 Å². The van der Waals surface area contributed by atoms with Crippen LogP contribution < -0.4 is 5.32 Å². The molecule has 1 aromatic heterocycles. The van der Waals surface area contributed by atoms with Gasteiger partial charge in [-0.25, -0.2) is 0 Å². The highest BCUT2D eigenvalue weighted by Crippen LogP contribution is 2.13. The number of rotatable bonds is 7. The Labute approximate surface area is 158 Å². The van der Waals surface area contributed by atoms with Gasteiger partial charge >= 0.3 is 0 Å². The summed E-state index contributed by atoms with van der Waals surface area (Å²) in [5, 5.41) is 2.61. The summed E-state index contributed by atoms with van der Waals surface area (Å²) in [5.41, 5.74) is 1.65. The first-order valence-corrected chi connectivity index (χ1v) is 9.07. The summed E-state index contributed by atoms with van der Waals surface area (Å²) in [6.07, 6.45) is 1.63. The van der Waals surface area contributed by atoms with Gasteiger partial charge in [0.1, 0.15) is 5.76 Å². The Bertz CT molecular complexity index is 737. The van der Waals surface area contributed by atoms with Crippen molar-refractivity contribution in [1.82, 2.24) is 15.1 Å². The Kier molecular flexibility index (Phi) is 6.62. The summed E-state index contributed by atoms with van der Waals surface area (Å²) >= 11 is 0. The Morgan fingerprint density at radius 2 is 1.85 bits per heavy atom. The average molecular weight is 371 g/mol. The molecule has 1 N–H and O–H groups in total. The summed E-state index contributed by atoms with van der Waals surface area (Å²) in [6.45, 7) is 3.88. The van der Waals surface area contributed by atoms with E-state index >= 15 is 0 Å². The van der Waals surface area contributed by atoms with Crippen molar-refractivity contribution in [2.24, 2.45) is 0 Å². The molecule has 1 aromatic carbocycles. The van der Waals surface area contributed by atoms with Crippen molar-refractivity contribution in [3.05, 3.63) is 59.5 Å². The number of carbonyl (C=O) groups is 2. The van der Waals surface area contributed by atoms with Gasteiger partial charge in [-0.1, -0.05) is 12.1 Å². The third-order valence-electron chi connectivity index (χ3n) is 4.53. The van der Waals surface area contributed by atoms with E-state index in [-0.39, 0.29) is 11.8 Å². The molecule has 1 fully saturated rings. The van der Waals surface area contributed by atoms with Crippen molar-refractivity contribution >= 4 is 11.8 Å². The lowest BCUT2D eigenvalue weighted by atomic mass is 10.1. The van der Waals surface area contributed by atoms with Crippen LogP contribution in [0.3, 0.4) is 0 Å². The summed E-state index contributed by atoms with van der Waals surface area (Å²) < 4.78 is 10.8. The summed E-state index contributed by atoms with van der Waals surface area (Å²) in [5.74, 6) is 0.787. The predicted octanol–water partition coefficient (Wildman–Crippen LogP) is 1.50. The molecule has 0 saturated carbocycles. The Morgan fingerprint density at radius 3 is 2.48 bits per heavy atom. The van der Waals surface area contributed by atoms with Crippen LogP contribution in [0.4, 0.5) is 0 Å². The lowest BCUT2D eigenvalue weighted by Gasteiger charge is -2.29. The van der Waals surface area contributed by atoms with Crippen molar-refractivity contribution in [1.29, 1.82) is 0 Å². The van der Waals surface area contributed by atoms with Gasteiger partial charge in [-0.2, -0.15) is 0 Å². The van der Waals surface area contributed by atoms with Crippen molar-refractivity contribution < 1.29 is 18.7 Å². The van der Waals surface area contributed by atoms with Crippen LogP contribution >= 0.6 is 0 Å². The molecule has 7 heteroatoms. The smallest absolute Gasteiger partial charge is 0.251 e. The number of nitrogens with one attached hydrogen (secondary N) is 1. The van der Waals surface area contributed by atoms with Crippen molar-refractivity contribution in [3.8, 4) is 0 Å². The van der Waals surface area contributed by atoms with Crippen LogP contribution in [-0.4, -0.2) is 61.5 Å². The van der Waals surface area contributed by atoms with Crippen LogP contribution in [0.25, 0.3) is 0 Å². The number of morpholine rings is 1. The van der Waals surface area contributed by atoms with Gasteiger partial charge in [0.2, 0.25) is 5.91 Å². The first-order chi connectivity index (χ1) is 13.2. The molecule has 0 aliphatic carbocycles. The Morgan fingerprint density at radius 1 is 1.11 bits per heavy atom. The maximum atomic E-state index is 12.7. The predicted molar refractivity (Wildman–Crippen MR) is 100 cm³/mol. The van der Waals surface area contributed by atoms with Gasteiger partial charge < -0.3 is 19.4 Å². The van der Waals surface area contributed by atoms with E-state index in [1.54, 1.807) is 25.4 Å². The second-order valence-corrected chi connectivity index (χ2v) is 6.49. The SMILES string of the molecule is CNC(=O)c1ccc(CN(CC(=O)N2CCOCC2)Cc2ccco2)cc1. The van der Waals surface area contributed by atoms with E-state index in [9.17, 15) is 9.59 Å². The normalized spacial score (nSPS) is 14.4. The first-order valence-electron chi connectivity index (χ1n) is 9.07. The number of nitrogens with zero attached hydrogens (tertiary/aromatic N) is 2. The molecule has 0 atom stereocenters. The molecule has 0 radical (unpaired) electrons. The maximum Gasteiger partial charge on any atom is 0.251 e. The highest BCUT2D eigenvalue weighted by atomic mass is 16.5. The van der Waals surface area contributed by atoms with Gasteiger partial charge in [-0.05, 0) is 29.8 Å². The molecule has 1 aliphatic rings. The van der Waals surface area contributed by atoms with Crippen LogP contribution in [0, 0.1) is 0 Å². The zero-order valence-corrected chi connectivity index (χ0v) is 15.5. The van der Waals surface area contributed by atoms with E-state index in [0.717, 1.165) is 11.3 Å². The number of hydrogen-bond donors (Lipinski definition) is 1. The van der Waals surface area contributed by atoms with Gasteiger partial charge in [-0.3, -0.25) is 14.5 Å². The summed E-state index contributed by atoms with van der Waals surface area (Å²) in [7, 11) is 1.61. The molecule has 0 unspecified atom stereocenters. The molecule has 2 amide bonds. The zero-order valence-electron chi connectivity index (χ0n) is 15.5. The summed E-state index contributed by atoms with van der Waals surface area (Å²) in [6, 6.07) is 11.2. The summed E-state index contributed by atoms with van der Waals surface area (Å²) in [4.78, 5) is 28.2. The highest BCUT2D eigenvalue weighted by Gasteiger charge is 2.20. The standard InChI is InChI=1S/C20H25N3O4/c1-21-20(25)17-6-4-16(5-7-17)13-22(14-18-3-2-10-27-18)15-19(24)23-8-11-26-12-9-23/h2-7,10H,8-9,11-15H2,1H3,(H,21,25). The Balaban J connectivity index is 1.67. The van der Waals surface area contributed by atoms with Gasteiger partial charge in [0.15, 0.2) is 0 Å². The van der Waals surface area contributed by atoms with E-state index in [2.05, 4.69) is 5.32 Å². The third-order valence-corrected chi connectivity index (χ3v) is 4.53. The molecule has 2 aromatic rings. The monoisotopic (exact) mass is 371 g/mol. The molecular formula is C20H25N3O4. The molecule has 1 aliphatic heterocycles. The molecule has 3 rings (SSSR count). The molecular weight excluding hydrogens is 346 g/mol. The molecule has 144 valence electrons. The first kappa shape index (κ1) is 19.1. The van der Waals surface area contributed by atoms with Gasteiger partial charge in [-0.15, -0.1) is 0 Å². The number of amides is 2. The second kappa shape index (κ2) is 9.34. The fourth-order valence-electron chi connectivity index (χ4n) is 3.06. The molecule has 1 saturated heterocycles. The van der Waals surface area contributed by atoms with E-state index in [0.29, 0.717) is 51.5 Å². The van der Waals surface area contributed by atoms with E-state index in [4.69, 9.17) is 9.15 Å². The van der Waals surface area contributed by atoms with Crippen molar-refractivity contribution in [2.75, 3.05) is 39.9 Å². The lowest BCUT2D eigenvalue weighted by Crippen LogP contribution is -2.45. The average Bonchev–Trinajstić information content (AvgIpc) is 3.21. The molecule has 27 heavy (non-hydrogen) atoms. The van der Waals surface area contributed by atoms with Crippen LogP contribution in [0.15, 0.2) is 47.1 Å². The fraction of sp³-hybridized carbons (Fsp3) is 0.400. The second-order valence-electron chi connectivity index (χ2n) is 6.49. The number of hydrogen-bond acceptors (Lipinski definition) is 5. The molecule has 0 spiro atoms. The minimum atomic E-state index is -0.114. The fourth-order valence-corrected chi connectivity index (χ4v) is 3.06. The maximum absolute atomic E-state index is 12.7. The quantitative estimate of drug-likeness (QED) is 0.798. The zero-order chi connectivity index (χ0) is 19.1. The van der Waals surface area contributed by atoms with E-state index in [1.807, 2.05) is 34.1 Å². The van der Waals surface area contributed by atoms with Gasteiger partial charge in [0.25, 0.3) is 5.91 Å². The van der Waals surface area contributed by atoms with Gasteiger partial charge in [0, 0.05) is 32.2 Å². The number of furan rings is 1. The minimum absolute atomic E-state index is 0.0897. The molecule has 0 bridgehead atoms. The Hall–Kier alpha value is -2.64. The largest absolute Gasteiger partial charge is 0.468 e. The number of carbonyl (C=O) groups excluding carboxylic acids is 2. The number of ether oxygens (including phenoxy) is 1. The van der Waals surface area contributed by atoms with Crippen LogP contribution in [0.5, 0.6) is 0 Å². The lowest BCUT2D eigenvalue weighted by molar-refractivity contribution is -0.136. The van der Waals surface area contributed by atoms with Crippen LogP contribution in [0.1, 0.15) is 21.7 Å². The topological polar surface area (TPSA) is 75.0 Å². The van der Waals surface area contributed by atoms with Gasteiger partial charge in [0.05, 0.1) is 32.6 Å². The van der Waals surface area contributed by atoms with Crippen LogP contribution in [0.2, 0.25) is 0 Å². The van der Waals surface area contributed by atoms with Crippen LogP contribution in [-0.2, 0) is 22.6 Å². The van der Waals surface area contributed by atoms with E-state index < -0.39 is 0 Å². The van der Waals surface area contributed by atoms with Crippen molar-refractivity contribution in [3.63, 3.8) is 0 Å². The third kappa shape index (κ3) is 5.42.